The molecule has 0 bridgehead atoms. The molecular formula is C25H24ClN3O3. The number of halogens is 1. The fraction of sp³-hybridized carbons (Fsp3) is 0.280. The average molecular weight is 450 g/mol. The van der Waals surface area contributed by atoms with Crippen LogP contribution in [0.2, 0.25) is 5.02 Å². The first kappa shape index (κ1) is 20.8. The van der Waals surface area contributed by atoms with Gasteiger partial charge in [0.1, 0.15) is 6.10 Å². The highest BCUT2D eigenvalue weighted by molar-refractivity contribution is 6.30. The molecule has 7 heteroatoms. The van der Waals surface area contributed by atoms with E-state index < -0.39 is 0 Å². The summed E-state index contributed by atoms with van der Waals surface area (Å²) >= 11 is 6.13. The average Bonchev–Trinajstić information content (AvgIpc) is 3.17. The molecule has 4 aromatic rings. The number of hydrogen-bond donors (Lipinski definition) is 0. The van der Waals surface area contributed by atoms with Gasteiger partial charge in [-0.15, -0.1) is 0 Å². The fourth-order valence-corrected chi connectivity index (χ4v) is 4.80. The molecule has 1 aliphatic heterocycles. The minimum Gasteiger partial charge on any atom is -0.365 e. The minimum absolute atomic E-state index is 0.310. The summed E-state index contributed by atoms with van der Waals surface area (Å²) in [5.74, 6) is 0. The molecular weight excluding hydrogens is 426 g/mol. The third kappa shape index (κ3) is 3.05. The number of fused-ring (bicyclic) bond motifs is 3. The standard InChI is InChI=1S/C25H24ClN3O3/c1-4-15-5-7-17(8-6-15)23-22-21-19(24(30)28(3)25(31)27(21)2)20(29(22)13-14-32-23)16-9-11-18(26)12-10-16/h5-12,23H,4,13-14H2,1-3H3. The zero-order chi connectivity index (χ0) is 22.6. The maximum Gasteiger partial charge on any atom is 0.331 e. The summed E-state index contributed by atoms with van der Waals surface area (Å²) in [7, 11) is 3.23. The van der Waals surface area contributed by atoms with E-state index in [9.17, 15) is 9.59 Å². The van der Waals surface area contributed by atoms with Crippen LogP contribution in [-0.4, -0.2) is 20.3 Å². The third-order valence-corrected chi connectivity index (χ3v) is 6.61. The molecule has 0 aliphatic carbocycles. The summed E-state index contributed by atoms with van der Waals surface area (Å²) in [6.45, 7) is 3.21. The lowest BCUT2D eigenvalue weighted by Gasteiger charge is -2.28. The van der Waals surface area contributed by atoms with E-state index in [2.05, 4.69) is 35.8 Å². The molecule has 6 nitrogen and oxygen atoms in total. The van der Waals surface area contributed by atoms with Crippen molar-refractivity contribution in [1.82, 2.24) is 13.7 Å². The number of aryl methyl sites for hydroxylation is 2. The van der Waals surface area contributed by atoms with Gasteiger partial charge in [-0.05, 0) is 35.2 Å². The Kier molecular flexibility index (Phi) is 5.07. The van der Waals surface area contributed by atoms with Gasteiger partial charge in [0.25, 0.3) is 5.56 Å². The molecule has 0 radical (unpaired) electrons. The molecule has 0 fully saturated rings. The van der Waals surface area contributed by atoms with E-state index in [0.717, 1.165) is 28.9 Å². The van der Waals surface area contributed by atoms with Crippen molar-refractivity contribution >= 4 is 22.5 Å². The van der Waals surface area contributed by atoms with Crippen molar-refractivity contribution in [3.05, 3.63) is 91.2 Å². The summed E-state index contributed by atoms with van der Waals surface area (Å²) in [5.41, 5.74) is 4.69. The van der Waals surface area contributed by atoms with Crippen LogP contribution in [0, 0.1) is 0 Å². The summed E-state index contributed by atoms with van der Waals surface area (Å²) in [5, 5.41) is 1.15. The maximum atomic E-state index is 13.4. The quantitative estimate of drug-likeness (QED) is 0.474. The summed E-state index contributed by atoms with van der Waals surface area (Å²) in [4.78, 5) is 26.2. The van der Waals surface area contributed by atoms with Gasteiger partial charge in [-0.25, -0.2) is 4.79 Å². The molecule has 0 spiro atoms. The van der Waals surface area contributed by atoms with Crippen LogP contribution >= 0.6 is 11.6 Å². The summed E-state index contributed by atoms with van der Waals surface area (Å²) in [6.07, 6.45) is 0.576. The van der Waals surface area contributed by atoms with Gasteiger partial charge in [0.05, 0.1) is 28.9 Å². The van der Waals surface area contributed by atoms with Crippen molar-refractivity contribution in [3.8, 4) is 11.3 Å². The molecule has 5 rings (SSSR count). The second-order valence-corrected chi connectivity index (χ2v) is 8.60. The molecule has 0 saturated heterocycles. The highest BCUT2D eigenvalue weighted by Gasteiger charge is 2.33. The van der Waals surface area contributed by atoms with Gasteiger partial charge in [0.15, 0.2) is 0 Å². The van der Waals surface area contributed by atoms with Gasteiger partial charge in [0.2, 0.25) is 0 Å². The Hall–Kier alpha value is -3.09. The highest BCUT2D eigenvalue weighted by Crippen LogP contribution is 2.40. The molecule has 1 atom stereocenters. The first-order valence-electron chi connectivity index (χ1n) is 10.7. The van der Waals surface area contributed by atoms with Crippen molar-refractivity contribution in [1.29, 1.82) is 0 Å². The second-order valence-electron chi connectivity index (χ2n) is 8.17. The van der Waals surface area contributed by atoms with Crippen LogP contribution in [0.5, 0.6) is 0 Å². The lowest BCUT2D eigenvalue weighted by molar-refractivity contribution is 0.0478. The van der Waals surface area contributed by atoms with E-state index in [1.165, 1.54) is 17.2 Å². The zero-order valence-electron chi connectivity index (χ0n) is 18.3. The molecule has 0 amide bonds. The molecule has 1 aliphatic rings. The first-order chi connectivity index (χ1) is 15.4. The molecule has 164 valence electrons. The fourth-order valence-electron chi connectivity index (χ4n) is 4.67. The number of aromatic nitrogens is 3. The number of nitrogens with zero attached hydrogens (tertiary/aromatic N) is 3. The maximum absolute atomic E-state index is 13.4. The van der Waals surface area contributed by atoms with E-state index in [-0.39, 0.29) is 17.4 Å². The van der Waals surface area contributed by atoms with Crippen LogP contribution in [0.3, 0.4) is 0 Å². The topological polar surface area (TPSA) is 58.2 Å². The zero-order valence-corrected chi connectivity index (χ0v) is 19.0. The van der Waals surface area contributed by atoms with E-state index in [1.54, 1.807) is 11.6 Å². The number of rotatable bonds is 3. The van der Waals surface area contributed by atoms with Gasteiger partial charge >= 0.3 is 5.69 Å². The molecule has 0 N–H and O–H groups in total. The van der Waals surface area contributed by atoms with Gasteiger partial charge < -0.3 is 9.30 Å². The molecule has 1 unspecified atom stereocenters. The number of ether oxygens (including phenoxy) is 1. The van der Waals surface area contributed by atoms with Crippen molar-refractivity contribution in [2.24, 2.45) is 14.1 Å². The van der Waals surface area contributed by atoms with Crippen molar-refractivity contribution in [2.75, 3.05) is 6.61 Å². The van der Waals surface area contributed by atoms with Crippen LogP contribution in [0.4, 0.5) is 0 Å². The predicted octanol–water partition coefficient (Wildman–Crippen LogP) is 4.04. The molecule has 2 aromatic carbocycles. The van der Waals surface area contributed by atoms with Gasteiger partial charge in [-0.2, -0.15) is 0 Å². The van der Waals surface area contributed by atoms with Crippen molar-refractivity contribution in [3.63, 3.8) is 0 Å². The normalized spacial score (nSPS) is 15.8. The molecule has 0 saturated carbocycles. The highest BCUT2D eigenvalue weighted by atomic mass is 35.5. The Labute approximate surface area is 190 Å². The van der Waals surface area contributed by atoms with Gasteiger partial charge in [-0.3, -0.25) is 13.9 Å². The third-order valence-electron chi connectivity index (χ3n) is 6.36. The Bertz CT molecular complexity index is 1440. The van der Waals surface area contributed by atoms with E-state index >= 15 is 0 Å². The van der Waals surface area contributed by atoms with Crippen LogP contribution in [0.15, 0.2) is 58.1 Å². The monoisotopic (exact) mass is 449 g/mol. The van der Waals surface area contributed by atoms with Crippen molar-refractivity contribution in [2.45, 2.75) is 26.0 Å². The Morgan fingerprint density at radius 1 is 1.00 bits per heavy atom. The van der Waals surface area contributed by atoms with E-state index in [4.69, 9.17) is 16.3 Å². The largest absolute Gasteiger partial charge is 0.365 e. The minimum atomic E-state index is -0.379. The van der Waals surface area contributed by atoms with Crippen molar-refractivity contribution < 1.29 is 4.74 Å². The van der Waals surface area contributed by atoms with Crippen LogP contribution < -0.4 is 11.2 Å². The van der Waals surface area contributed by atoms with E-state index in [0.29, 0.717) is 29.1 Å². The lowest BCUT2D eigenvalue weighted by Crippen LogP contribution is -2.37. The smallest absolute Gasteiger partial charge is 0.331 e. The molecule has 2 aromatic heterocycles. The Balaban J connectivity index is 1.89. The van der Waals surface area contributed by atoms with E-state index in [1.807, 2.05) is 24.3 Å². The summed E-state index contributed by atoms with van der Waals surface area (Å²) < 4.78 is 11.1. The van der Waals surface area contributed by atoms with Gasteiger partial charge in [0, 0.05) is 25.7 Å². The van der Waals surface area contributed by atoms with Crippen LogP contribution in [0.25, 0.3) is 22.2 Å². The SMILES string of the molecule is CCc1ccc(C2OCCn3c(-c4ccc(Cl)cc4)c4c(=O)n(C)c(=O)n(C)c4c32)cc1. The second kappa shape index (κ2) is 7.80. The molecule has 32 heavy (non-hydrogen) atoms. The van der Waals surface area contributed by atoms with Crippen LogP contribution in [-0.2, 0) is 31.8 Å². The Morgan fingerprint density at radius 2 is 1.69 bits per heavy atom. The van der Waals surface area contributed by atoms with Gasteiger partial charge in [-0.1, -0.05) is 54.9 Å². The number of benzene rings is 2. The predicted molar refractivity (Wildman–Crippen MR) is 126 cm³/mol. The molecule has 3 heterocycles. The Morgan fingerprint density at radius 3 is 2.34 bits per heavy atom. The summed E-state index contributed by atoms with van der Waals surface area (Å²) in [6, 6.07) is 15.8. The van der Waals surface area contributed by atoms with Crippen LogP contribution in [0.1, 0.15) is 29.8 Å². The number of hydrogen-bond acceptors (Lipinski definition) is 3. The lowest BCUT2D eigenvalue weighted by atomic mass is 10.0. The first-order valence-corrected chi connectivity index (χ1v) is 11.1.